The molecule has 0 saturated carbocycles. The second-order valence-electron chi connectivity index (χ2n) is 5.69. The first-order valence-corrected chi connectivity index (χ1v) is 7.31. The maximum absolute atomic E-state index is 13.0. The number of hydrogen-bond donors (Lipinski definition) is 1. The van der Waals surface area contributed by atoms with Crippen molar-refractivity contribution in [1.29, 1.82) is 0 Å². The molecule has 1 N–H and O–H groups in total. The van der Waals surface area contributed by atoms with Gasteiger partial charge in [-0.15, -0.1) is 0 Å². The van der Waals surface area contributed by atoms with Crippen LogP contribution in [0.25, 0.3) is 0 Å². The quantitative estimate of drug-likeness (QED) is 0.339. The molecule has 6 nitrogen and oxygen atoms in total. The van der Waals surface area contributed by atoms with Gasteiger partial charge in [0.05, 0.1) is 4.92 Å². The molecular weight excluding hydrogens is 390 g/mol. The second kappa shape index (κ2) is 6.45. The summed E-state index contributed by atoms with van der Waals surface area (Å²) in [5.74, 6) is 0. The number of alkyl halides is 6. The van der Waals surface area contributed by atoms with Gasteiger partial charge in [-0.3, -0.25) is 10.1 Å². The molecule has 0 fully saturated rings. The number of hydrogen-bond acceptors (Lipinski definition) is 5. The van der Waals surface area contributed by atoms with E-state index < -0.39 is 46.5 Å². The average Bonchev–Trinajstić information content (AvgIpc) is 2.90. The highest BCUT2D eigenvalue weighted by atomic mass is 32.1. The molecule has 0 spiro atoms. The van der Waals surface area contributed by atoms with Gasteiger partial charge in [-0.2, -0.15) is 36.6 Å². The predicted molar refractivity (Wildman–Crippen MR) is 82.0 cm³/mol. The molecule has 2 rings (SSSR count). The van der Waals surface area contributed by atoms with Crippen molar-refractivity contribution in [2.45, 2.75) is 37.3 Å². The average molecular weight is 400 g/mol. The second-order valence-corrected chi connectivity index (χ2v) is 6.10. The smallest absolute Gasteiger partial charge is 0.348 e. The summed E-state index contributed by atoms with van der Waals surface area (Å²) in [5.41, 5.74) is -4.49. The van der Waals surface area contributed by atoms with E-state index in [0.717, 1.165) is 6.07 Å². The Kier molecular flexibility index (Phi) is 4.96. The first kappa shape index (κ1) is 20.0. The number of halogens is 6. The molecular formula is C13H10F6N4O2S. The zero-order chi connectivity index (χ0) is 19.9. The van der Waals surface area contributed by atoms with Crippen LogP contribution in [-0.2, 0) is 6.18 Å². The molecule has 0 amide bonds. The van der Waals surface area contributed by atoms with Crippen LogP contribution in [-0.4, -0.2) is 27.7 Å². The highest BCUT2D eigenvalue weighted by Crippen LogP contribution is 2.39. The van der Waals surface area contributed by atoms with Crippen LogP contribution in [0.15, 0.2) is 28.4 Å². The summed E-state index contributed by atoms with van der Waals surface area (Å²) >= 11 is 4.96. The summed E-state index contributed by atoms with van der Waals surface area (Å²) in [6.07, 6.45) is -10.2. The number of nitrogens with zero attached hydrogens (tertiary/aromatic N) is 3. The van der Waals surface area contributed by atoms with Crippen LogP contribution < -0.4 is 5.32 Å². The number of nitro groups is 1. The van der Waals surface area contributed by atoms with Gasteiger partial charge in [0, 0.05) is 18.2 Å². The molecule has 2 unspecified atom stereocenters. The molecule has 1 aromatic rings. The highest BCUT2D eigenvalue weighted by Gasteiger charge is 2.50. The normalized spacial score (nSPS) is 23.1. The van der Waals surface area contributed by atoms with Crippen molar-refractivity contribution in [2.24, 2.45) is 10.2 Å². The Hall–Kier alpha value is -2.31. The largest absolute Gasteiger partial charge is 0.423 e. The molecule has 1 heterocycles. The van der Waals surface area contributed by atoms with Crippen LogP contribution in [0.1, 0.15) is 18.9 Å². The fourth-order valence-corrected chi connectivity index (χ4v) is 2.48. The number of benzene rings is 1. The van der Waals surface area contributed by atoms with Crippen LogP contribution in [0, 0.1) is 10.1 Å². The molecule has 0 aliphatic carbocycles. The molecule has 0 radical (unpaired) electrons. The fraction of sp³-hybridized carbons (Fsp3) is 0.462. The van der Waals surface area contributed by atoms with E-state index >= 15 is 0 Å². The van der Waals surface area contributed by atoms with Crippen LogP contribution in [0.2, 0.25) is 0 Å². The van der Waals surface area contributed by atoms with Crippen LogP contribution in [0.4, 0.5) is 37.7 Å². The van der Waals surface area contributed by atoms with Crippen molar-refractivity contribution in [3.05, 3.63) is 33.9 Å². The number of azo groups is 1. The molecule has 1 aliphatic rings. The highest BCUT2D eigenvalue weighted by molar-refractivity contribution is 7.80. The molecule has 142 valence electrons. The summed E-state index contributed by atoms with van der Waals surface area (Å²) < 4.78 is 77.0. The lowest BCUT2D eigenvalue weighted by Crippen LogP contribution is -2.39. The van der Waals surface area contributed by atoms with Crippen molar-refractivity contribution in [2.75, 3.05) is 5.32 Å². The lowest BCUT2D eigenvalue weighted by atomic mass is 9.95. The van der Waals surface area contributed by atoms with E-state index in [2.05, 4.69) is 15.5 Å². The maximum Gasteiger partial charge on any atom is 0.423 e. The molecule has 1 aromatic carbocycles. The summed E-state index contributed by atoms with van der Waals surface area (Å²) in [7, 11) is 0. The van der Waals surface area contributed by atoms with Gasteiger partial charge in [-0.25, -0.2) is 0 Å². The van der Waals surface area contributed by atoms with Crippen LogP contribution >= 0.6 is 12.2 Å². The van der Waals surface area contributed by atoms with Crippen molar-refractivity contribution in [1.82, 2.24) is 0 Å². The molecule has 1 aliphatic heterocycles. The van der Waals surface area contributed by atoms with Gasteiger partial charge in [0.15, 0.2) is 6.04 Å². The van der Waals surface area contributed by atoms with E-state index in [1.165, 1.54) is 6.92 Å². The Labute approximate surface area is 147 Å². The third-order valence-corrected chi connectivity index (χ3v) is 4.17. The Morgan fingerprint density at radius 3 is 2.42 bits per heavy atom. The minimum absolute atomic E-state index is 0.264. The van der Waals surface area contributed by atoms with Crippen LogP contribution in [0.3, 0.4) is 0 Å². The van der Waals surface area contributed by atoms with E-state index in [1.807, 2.05) is 0 Å². The van der Waals surface area contributed by atoms with E-state index in [1.54, 1.807) is 0 Å². The van der Waals surface area contributed by atoms with E-state index in [4.69, 9.17) is 12.2 Å². The lowest BCUT2D eigenvalue weighted by molar-refractivity contribution is -0.388. The standard InChI is InChI=1S/C13H10F6N4O2S/c1-11(5-9(21-22-11)13(17,18)19)10(26)20-6-2-3-8(23(24)25)7(4-6)12(14,15)16/h2-4,9H,5H2,1H3,(H,20,26). The van der Waals surface area contributed by atoms with Gasteiger partial charge in [0.1, 0.15) is 16.1 Å². The third kappa shape index (κ3) is 4.08. The number of thiocarbonyl (C=S) groups is 1. The molecule has 2 atom stereocenters. The van der Waals surface area contributed by atoms with E-state index in [0.29, 0.717) is 12.1 Å². The third-order valence-electron chi connectivity index (χ3n) is 3.63. The molecule has 0 aromatic heterocycles. The minimum atomic E-state index is -5.00. The number of anilines is 1. The van der Waals surface area contributed by atoms with Crippen LogP contribution in [0.5, 0.6) is 0 Å². The number of nitro benzene ring substituents is 1. The summed E-state index contributed by atoms with van der Waals surface area (Å²) in [6, 6.07) is -0.00250. The Morgan fingerprint density at radius 1 is 1.35 bits per heavy atom. The van der Waals surface area contributed by atoms with E-state index in [-0.39, 0.29) is 10.7 Å². The molecule has 0 saturated heterocycles. The van der Waals surface area contributed by atoms with Crippen molar-refractivity contribution < 1.29 is 31.3 Å². The van der Waals surface area contributed by atoms with Gasteiger partial charge in [-0.1, -0.05) is 12.2 Å². The molecule has 0 bridgehead atoms. The topological polar surface area (TPSA) is 79.9 Å². The minimum Gasteiger partial charge on any atom is -0.348 e. The summed E-state index contributed by atoms with van der Waals surface area (Å²) in [4.78, 5) is 9.25. The summed E-state index contributed by atoms with van der Waals surface area (Å²) in [6.45, 7) is 1.26. The lowest BCUT2D eigenvalue weighted by Gasteiger charge is -2.23. The number of rotatable bonds is 3. The Bertz CT molecular complexity index is 779. The monoisotopic (exact) mass is 400 g/mol. The van der Waals surface area contributed by atoms with E-state index in [9.17, 15) is 36.5 Å². The fourth-order valence-electron chi connectivity index (χ4n) is 2.24. The summed E-state index contributed by atoms with van der Waals surface area (Å²) in [5, 5.41) is 19.7. The first-order chi connectivity index (χ1) is 11.7. The van der Waals surface area contributed by atoms with Gasteiger partial charge < -0.3 is 5.32 Å². The first-order valence-electron chi connectivity index (χ1n) is 6.90. The van der Waals surface area contributed by atoms with Gasteiger partial charge in [-0.05, 0) is 19.1 Å². The molecule has 26 heavy (non-hydrogen) atoms. The van der Waals surface area contributed by atoms with Gasteiger partial charge in [0.2, 0.25) is 0 Å². The van der Waals surface area contributed by atoms with Crippen molar-refractivity contribution in [3.8, 4) is 0 Å². The van der Waals surface area contributed by atoms with Crippen molar-refractivity contribution >= 4 is 28.6 Å². The SMILES string of the molecule is CC1(C(=S)Nc2ccc([N+](=O)[O-])c(C(F)(F)F)c2)CC(C(F)(F)F)N=N1. The van der Waals surface area contributed by atoms with Crippen molar-refractivity contribution in [3.63, 3.8) is 0 Å². The zero-order valence-corrected chi connectivity index (χ0v) is 13.7. The van der Waals surface area contributed by atoms with Gasteiger partial charge in [0.25, 0.3) is 5.69 Å². The maximum atomic E-state index is 13.0. The molecule has 13 heteroatoms. The predicted octanol–water partition coefficient (Wildman–Crippen LogP) is 4.90. The number of nitrogens with one attached hydrogen (secondary N) is 1. The Morgan fingerprint density at radius 2 is 1.96 bits per heavy atom. The zero-order valence-electron chi connectivity index (χ0n) is 12.9. The van der Waals surface area contributed by atoms with Gasteiger partial charge >= 0.3 is 12.4 Å². The Balaban J connectivity index is 2.25.